The van der Waals surface area contributed by atoms with Gasteiger partial charge in [0.1, 0.15) is 0 Å². The van der Waals surface area contributed by atoms with Crippen LogP contribution >= 0.6 is 11.3 Å². The summed E-state index contributed by atoms with van der Waals surface area (Å²) in [6.07, 6.45) is 0. The molecule has 0 spiro atoms. The monoisotopic (exact) mass is 303 g/mol. The number of hydrogen-bond donors (Lipinski definition) is 1. The molecule has 0 bridgehead atoms. The predicted molar refractivity (Wildman–Crippen MR) is 90.9 cm³/mol. The summed E-state index contributed by atoms with van der Waals surface area (Å²) in [6, 6.07) is 2.08. The van der Waals surface area contributed by atoms with Gasteiger partial charge in [0.05, 0.1) is 0 Å². The van der Waals surface area contributed by atoms with Crippen LogP contribution in [0.5, 0.6) is 0 Å². The number of nitrogens with one attached hydrogen (secondary N) is 1. The average Bonchev–Trinajstić information content (AvgIpc) is 2.91. The summed E-state index contributed by atoms with van der Waals surface area (Å²) in [4.78, 5) is 9.42. The molecule has 0 saturated carbocycles. The lowest BCUT2D eigenvalue weighted by Gasteiger charge is -2.18. The van der Waals surface area contributed by atoms with Crippen molar-refractivity contribution in [3.63, 3.8) is 0 Å². The van der Waals surface area contributed by atoms with Crippen LogP contribution in [0.15, 0.2) is 16.8 Å². The SMILES string of the molecule is Cc1nc(-c2ccsc2)nc(C)c1C(C)CNCC(C)C. The van der Waals surface area contributed by atoms with E-state index in [4.69, 9.17) is 9.97 Å². The van der Waals surface area contributed by atoms with E-state index in [1.54, 1.807) is 11.3 Å². The highest BCUT2D eigenvalue weighted by Gasteiger charge is 2.15. The van der Waals surface area contributed by atoms with Crippen molar-refractivity contribution in [2.24, 2.45) is 5.92 Å². The van der Waals surface area contributed by atoms with Crippen LogP contribution in [-0.4, -0.2) is 23.1 Å². The number of rotatable bonds is 6. The van der Waals surface area contributed by atoms with E-state index < -0.39 is 0 Å². The van der Waals surface area contributed by atoms with Gasteiger partial charge in [-0.1, -0.05) is 20.8 Å². The summed E-state index contributed by atoms with van der Waals surface area (Å²) in [5, 5.41) is 7.69. The van der Waals surface area contributed by atoms with E-state index in [-0.39, 0.29) is 0 Å². The quantitative estimate of drug-likeness (QED) is 0.870. The summed E-state index contributed by atoms with van der Waals surface area (Å²) in [7, 11) is 0. The largest absolute Gasteiger partial charge is 0.316 e. The second-order valence-corrected chi connectivity index (χ2v) is 6.88. The molecule has 2 aromatic rings. The lowest BCUT2D eigenvalue weighted by molar-refractivity contribution is 0.526. The maximum absolute atomic E-state index is 4.71. The number of aromatic nitrogens is 2. The number of nitrogens with zero attached hydrogens (tertiary/aromatic N) is 2. The van der Waals surface area contributed by atoms with Crippen molar-refractivity contribution in [3.8, 4) is 11.4 Å². The Morgan fingerprint density at radius 1 is 1.10 bits per heavy atom. The zero-order valence-electron chi connectivity index (χ0n) is 13.6. The zero-order chi connectivity index (χ0) is 15.4. The fourth-order valence-electron chi connectivity index (χ4n) is 2.65. The molecule has 3 nitrogen and oxygen atoms in total. The van der Waals surface area contributed by atoms with Crippen molar-refractivity contribution in [2.75, 3.05) is 13.1 Å². The van der Waals surface area contributed by atoms with Gasteiger partial charge >= 0.3 is 0 Å². The number of thiophene rings is 1. The molecule has 0 aliphatic rings. The van der Waals surface area contributed by atoms with E-state index >= 15 is 0 Å². The van der Waals surface area contributed by atoms with Crippen LogP contribution in [0.3, 0.4) is 0 Å². The normalized spacial score (nSPS) is 12.9. The second kappa shape index (κ2) is 7.14. The highest BCUT2D eigenvalue weighted by Crippen LogP contribution is 2.25. The summed E-state index contributed by atoms with van der Waals surface area (Å²) >= 11 is 1.68. The van der Waals surface area contributed by atoms with E-state index in [1.807, 2.05) is 0 Å². The molecule has 1 unspecified atom stereocenters. The Morgan fingerprint density at radius 3 is 2.29 bits per heavy atom. The highest BCUT2D eigenvalue weighted by molar-refractivity contribution is 7.08. The third kappa shape index (κ3) is 4.11. The van der Waals surface area contributed by atoms with Crippen molar-refractivity contribution < 1.29 is 0 Å². The first-order valence-corrected chi connectivity index (χ1v) is 8.51. The standard InChI is InChI=1S/C17H25N3S/c1-11(2)8-18-9-12(3)16-13(4)19-17(20-14(16)5)15-6-7-21-10-15/h6-7,10-12,18H,8-9H2,1-5H3. The van der Waals surface area contributed by atoms with Crippen LogP contribution in [0.2, 0.25) is 0 Å². The molecule has 21 heavy (non-hydrogen) atoms. The minimum Gasteiger partial charge on any atom is -0.316 e. The van der Waals surface area contributed by atoms with Gasteiger partial charge in [0, 0.05) is 28.9 Å². The third-order valence-corrected chi connectivity index (χ3v) is 4.29. The molecule has 0 aliphatic heterocycles. The van der Waals surface area contributed by atoms with Gasteiger partial charge in [0.15, 0.2) is 5.82 Å². The molecule has 0 amide bonds. The van der Waals surface area contributed by atoms with E-state index in [0.717, 1.165) is 35.9 Å². The van der Waals surface area contributed by atoms with Crippen molar-refractivity contribution in [3.05, 3.63) is 33.8 Å². The molecular formula is C17H25N3S. The summed E-state index contributed by atoms with van der Waals surface area (Å²) in [5.41, 5.74) is 4.60. The molecule has 0 radical (unpaired) electrons. The first-order chi connectivity index (χ1) is 9.99. The minimum absolute atomic E-state index is 0.431. The fourth-order valence-corrected chi connectivity index (χ4v) is 3.28. The van der Waals surface area contributed by atoms with Crippen LogP contribution < -0.4 is 5.32 Å². The molecule has 1 atom stereocenters. The topological polar surface area (TPSA) is 37.8 Å². The van der Waals surface area contributed by atoms with Gasteiger partial charge in [-0.15, -0.1) is 0 Å². The van der Waals surface area contributed by atoms with Gasteiger partial charge in [-0.05, 0) is 49.2 Å². The second-order valence-electron chi connectivity index (χ2n) is 6.10. The zero-order valence-corrected chi connectivity index (χ0v) is 14.4. The Balaban J connectivity index is 2.17. The van der Waals surface area contributed by atoms with Gasteiger partial charge in [-0.3, -0.25) is 0 Å². The van der Waals surface area contributed by atoms with Crippen LogP contribution in [-0.2, 0) is 0 Å². The lowest BCUT2D eigenvalue weighted by atomic mass is 9.97. The third-order valence-electron chi connectivity index (χ3n) is 3.60. The Morgan fingerprint density at radius 2 is 1.76 bits per heavy atom. The van der Waals surface area contributed by atoms with Crippen LogP contribution in [0.1, 0.15) is 43.6 Å². The molecule has 0 aliphatic carbocycles. The Kier molecular flexibility index (Phi) is 5.48. The molecule has 0 aromatic carbocycles. The first kappa shape index (κ1) is 16.1. The van der Waals surface area contributed by atoms with Crippen molar-refractivity contribution in [1.29, 1.82) is 0 Å². The van der Waals surface area contributed by atoms with Gasteiger partial charge in [-0.25, -0.2) is 9.97 Å². The molecule has 0 saturated heterocycles. The van der Waals surface area contributed by atoms with Crippen LogP contribution in [0.25, 0.3) is 11.4 Å². The van der Waals surface area contributed by atoms with E-state index in [1.165, 1.54) is 5.56 Å². The average molecular weight is 303 g/mol. The maximum Gasteiger partial charge on any atom is 0.160 e. The Hall–Kier alpha value is -1.26. The highest BCUT2D eigenvalue weighted by atomic mass is 32.1. The van der Waals surface area contributed by atoms with E-state index in [9.17, 15) is 0 Å². The van der Waals surface area contributed by atoms with Gasteiger partial charge < -0.3 is 5.32 Å². The van der Waals surface area contributed by atoms with Crippen molar-refractivity contribution in [1.82, 2.24) is 15.3 Å². The Bertz CT molecular complexity index is 553. The van der Waals surface area contributed by atoms with Crippen LogP contribution in [0, 0.1) is 19.8 Å². The number of hydrogen-bond acceptors (Lipinski definition) is 4. The van der Waals surface area contributed by atoms with Gasteiger partial charge in [-0.2, -0.15) is 11.3 Å². The Labute approximate surface area is 131 Å². The molecular weight excluding hydrogens is 278 g/mol. The predicted octanol–water partition coefficient (Wildman–Crippen LogP) is 4.17. The molecule has 2 rings (SSSR count). The molecule has 4 heteroatoms. The smallest absolute Gasteiger partial charge is 0.160 e. The lowest BCUT2D eigenvalue weighted by Crippen LogP contribution is -2.25. The molecule has 0 fully saturated rings. The van der Waals surface area contributed by atoms with Gasteiger partial charge in [0.2, 0.25) is 0 Å². The minimum atomic E-state index is 0.431. The van der Waals surface area contributed by atoms with Gasteiger partial charge in [0.25, 0.3) is 0 Å². The van der Waals surface area contributed by atoms with E-state index in [2.05, 4.69) is 56.8 Å². The molecule has 2 heterocycles. The van der Waals surface area contributed by atoms with Crippen molar-refractivity contribution >= 4 is 11.3 Å². The van der Waals surface area contributed by atoms with Crippen molar-refractivity contribution in [2.45, 2.75) is 40.5 Å². The summed E-state index contributed by atoms with van der Waals surface area (Å²) < 4.78 is 0. The maximum atomic E-state index is 4.71. The van der Waals surface area contributed by atoms with Crippen LogP contribution in [0.4, 0.5) is 0 Å². The molecule has 1 N–H and O–H groups in total. The number of aryl methyl sites for hydroxylation is 2. The van der Waals surface area contributed by atoms with E-state index in [0.29, 0.717) is 11.8 Å². The summed E-state index contributed by atoms with van der Waals surface area (Å²) in [6.45, 7) is 12.9. The fraction of sp³-hybridized carbons (Fsp3) is 0.529. The molecule has 114 valence electrons. The summed E-state index contributed by atoms with van der Waals surface area (Å²) in [5.74, 6) is 1.95. The molecule has 2 aromatic heterocycles. The first-order valence-electron chi connectivity index (χ1n) is 7.57.